The molecule has 3 aliphatic rings. The first-order valence-electron chi connectivity index (χ1n) is 10.2. The van der Waals surface area contributed by atoms with Crippen LogP contribution in [-0.4, -0.2) is 33.4 Å². The molecule has 1 spiro atoms. The summed E-state index contributed by atoms with van der Waals surface area (Å²) in [5.41, 5.74) is 2.54. The van der Waals surface area contributed by atoms with Crippen LogP contribution >= 0.6 is 23.4 Å². The van der Waals surface area contributed by atoms with Crippen molar-refractivity contribution in [1.82, 2.24) is 14.0 Å². The average molecular weight is 467 g/mol. The highest BCUT2D eigenvalue weighted by Crippen LogP contribution is 2.58. The van der Waals surface area contributed by atoms with Gasteiger partial charge in [-0.2, -0.15) is 9.78 Å². The molecule has 0 saturated carbocycles. The van der Waals surface area contributed by atoms with Gasteiger partial charge in [-0.25, -0.2) is 4.57 Å². The zero-order chi connectivity index (χ0) is 22.7. The number of thioether (sulfide) groups is 1. The van der Waals surface area contributed by atoms with Gasteiger partial charge in [-0.15, -0.1) is 4.48 Å². The lowest BCUT2D eigenvalue weighted by atomic mass is 9.80. The molecule has 1 aromatic carbocycles. The van der Waals surface area contributed by atoms with Gasteiger partial charge in [0.05, 0.1) is 19.0 Å². The van der Waals surface area contributed by atoms with E-state index in [1.54, 1.807) is 30.5 Å². The molecule has 1 aromatic heterocycles. The maximum absolute atomic E-state index is 13.5. The normalized spacial score (nSPS) is 25.2. The molecule has 0 bridgehead atoms. The Bertz CT molecular complexity index is 1310. The molecule has 6 nitrogen and oxygen atoms in total. The van der Waals surface area contributed by atoms with Crippen molar-refractivity contribution in [2.75, 3.05) is 7.11 Å². The maximum atomic E-state index is 13.5. The number of rotatable bonds is 2. The van der Waals surface area contributed by atoms with Gasteiger partial charge in [0.1, 0.15) is 10.7 Å². The van der Waals surface area contributed by atoms with Gasteiger partial charge in [-0.05, 0) is 48.5 Å². The lowest BCUT2D eigenvalue weighted by Crippen LogP contribution is -2.66. The second-order valence-corrected chi connectivity index (χ2v) is 9.43. The summed E-state index contributed by atoms with van der Waals surface area (Å²) in [5, 5.41) is 1.00. The Kier molecular flexibility index (Phi) is 4.81. The molecule has 1 aliphatic carbocycles. The number of amides is 1. The number of nitrogens with zero attached hydrogens (tertiary/aromatic N) is 3. The van der Waals surface area contributed by atoms with Crippen molar-refractivity contribution in [3.63, 3.8) is 0 Å². The van der Waals surface area contributed by atoms with Crippen molar-refractivity contribution in [1.29, 1.82) is 0 Å². The third kappa shape index (κ3) is 2.56. The third-order valence-electron chi connectivity index (χ3n) is 6.36. The van der Waals surface area contributed by atoms with E-state index in [1.807, 2.05) is 30.6 Å². The van der Waals surface area contributed by atoms with Crippen molar-refractivity contribution >= 4 is 46.2 Å². The minimum absolute atomic E-state index is 0.147. The van der Waals surface area contributed by atoms with Gasteiger partial charge in [-0.1, -0.05) is 42.0 Å². The first-order valence-corrected chi connectivity index (χ1v) is 11.3. The lowest BCUT2D eigenvalue weighted by Gasteiger charge is -2.43. The van der Waals surface area contributed by atoms with Gasteiger partial charge < -0.3 is 4.74 Å². The topological polar surface area (TPSA) is 61.2 Å². The molecule has 2 aromatic rings. The number of imidazole rings is 1. The Morgan fingerprint density at radius 2 is 2.12 bits per heavy atom. The van der Waals surface area contributed by atoms with E-state index in [-0.39, 0.29) is 9.60 Å². The Hall–Kier alpha value is -2.87. The number of methoxy groups -OCH3 is 1. The molecular weight excluding hydrogens is 446 g/mol. The van der Waals surface area contributed by atoms with Crippen LogP contribution in [0, 0.1) is 0 Å². The van der Waals surface area contributed by atoms with Crippen LogP contribution in [0.1, 0.15) is 30.6 Å². The van der Waals surface area contributed by atoms with Crippen LogP contribution in [0.25, 0.3) is 5.70 Å². The van der Waals surface area contributed by atoms with Crippen LogP contribution < -0.4 is 4.48 Å². The quantitative estimate of drug-likeness (QED) is 0.403. The summed E-state index contributed by atoms with van der Waals surface area (Å²) >= 11 is 7.16. The second-order valence-electron chi connectivity index (χ2n) is 8.00. The number of allylic oxidation sites excluding steroid dienone is 5. The van der Waals surface area contributed by atoms with Crippen molar-refractivity contribution in [3.8, 4) is 0 Å². The molecule has 0 N–H and O–H groups in total. The molecule has 1 amide bonds. The molecular formula is C24H21ClN3O3S+. The lowest BCUT2D eigenvalue weighted by molar-refractivity contribution is 0.108. The van der Waals surface area contributed by atoms with Crippen LogP contribution in [-0.2, 0) is 4.74 Å². The number of halogens is 1. The highest BCUT2D eigenvalue weighted by Gasteiger charge is 2.70. The molecule has 0 saturated heterocycles. The SMILES string of the molecule is COC(=O)[N+]12C(C)=CC=CC13CC=CC(C)=C3n1c(SC(=O)c3cccc(Cl)c3)cnc12. The van der Waals surface area contributed by atoms with Crippen LogP contribution in [0.4, 0.5) is 10.7 Å². The summed E-state index contributed by atoms with van der Waals surface area (Å²) in [4.78, 5) is 31.2. The van der Waals surface area contributed by atoms with E-state index in [0.717, 1.165) is 28.7 Å². The van der Waals surface area contributed by atoms with E-state index in [0.29, 0.717) is 28.0 Å². The number of benzene rings is 1. The molecule has 3 heterocycles. The molecule has 32 heavy (non-hydrogen) atoms. The summed E-state index contributed by atoms with van der Waals surface area (Å²) in [6, 6.07) is 6.87. The van der Waals surface area contributed by atoms with Crippen molar-refractivity contribution in [2.45, 2.75) is 30.8 Å². The van der Waals surface area contributed by atoms with Gasteiger partial charge in [0, 0.05) is 23.9 Å². The third-order valence-corrected chi connectivity index (χ3v) is 7.51. The molecule has 2 aliphatic heterocycles. The minimum atomic E-state index is -0.719. The van der Waals surface area contributed by atoms with Crippen LogP contribution in [0.3, 0.4) is 0 Å². The maximum Gasteiger partial charge on any atom is 0.529 e. The predicted octanol–water partition coefficient (Wildman–Crippen LogP) is 5.96. The summed E-state index contributed by atoms with van der Waals surface area (Å²) < 4.78 is 7.12. The standard InChI is InChI=1S/C24H21ClN3O3S/c1-15-7-5-11-24-12-6-8-16(2)28(24,23(30)31-3)22-26-14-19(27(22)20(15)24)32-21(29)17-9-4-10-18(25)13-17/h4-10,12-14H,11H2,1-3H3/q+1. The molecule has 2 atom stereocenters. The van der Waals surface area contributed by atoms with Crippen molar-refractivity contribution < 1.29 is 14.3 Å². The zero-order valence-electron chi connectivity index (χ0n) is 17.8. The Morgan fingerprint density at radius 1 is 1.31 bits per heavy atom. The predicted molar refractivity (Wildman–Crippen MR) is 126 cm³/mol. The summed E-state index contributed by atoms with van der Waals surface area (Å²) in [6.07, 6.45) is 11.9. The molecule has 162 valence electrons. The van der Waals surface area contributed by atoms with Crippen LogP contribution in [0.5, 0.6) is 0 Å². The number of ether oxygens (including phenoxy) is 1. The van der Waals surface area contributed by atoms with Gasteiger partial charge >= 0.3 is 12.0 Å². The fraction of sp³-hybridized carbons (Fsp3) is 0.208. The summed E-state index contributed by atoms with van der Waals surface area (Å²) in [6.45, 7) is 3.93. The van der Waals surface area contributed by atoms with Gasteiger partial charge in [0.15, 0.2) is 5.54 Å². The highest BCUT2D eigenvalue weighted by atomic mass is 35.5. The smallest absolute Gasteiger partial charge is 0.423 e. The van der Waals surface area contributed by atoms with Crippen LogP contribution in [0.2, 0.25) is 5.02 Å². The Labute approximate surface area is 195 Å². The van der Waals surface area contributed by atoms with Gasteiger partial charge in [0.25, 0.3) is 0 Å². The van der Waals surface area contributed by atoms with E-state index in [4.69, 9.17) is 16.3 Å². The van der Waals surface area contributed by atoms with Gasteiger partial charge in [0.2, 0.25) is 5.12 Å². The van der Waals surface area contributed by atoms with E-state index < -0.39 is 11.6 Å². The van der Waals surface area contributed by atoms with Gasteiger partial charge in [-0.3, -0.25) is 4.79 Å². The monoisotopic (exact) mass is 466 g/mol. The first-order chi connectivity index (χ1) is 15.4. The van der Waals surface area contributed by atoms with Crippen LogP contribution in [0.15, 0.2) is 77.1 Å². The fourth-order valence-electron chi connectivity index (χ4n) is 5.11. The highest BCUT2D eigenvalue weighted by molar-refractivity contribution is 8.14. The minimum Gasteiger partial charge on any atom is -0.423 e. The van der Waals surface area contributed by atoms with E-state index in [9.17, 15) is 9.59 Å². The van der Waals surface area contributed by atoms with Crippen molar-refractivity contribution in [3.05, 3.63) is 82.7 Å². The van der Waals surface area contributed by atoms with Crippen molar-refractivity contribution in [2.24, 2.45) is 0 Å². The summed E-state index contributed by atoms with van der Waals surface area (Å²) in [7, 11) is 1.40. The fourth-order valence-corrected chi connectivity index (χ4v) is 6.10. The van der Waals surface area contributed by atoms with E-state index in [1.165, 1.54) is 7.11 Å². The second kappa shape index (κ2) is 7.33. The number of carbonyl (C=O) groups excluding carboxylic acids is 2. The molecule has 0 radical (unpaired) electrons. The molecule has 5 rings (SSSR count). The van der Waals surface area contributed by atoms with E-state index in [2.05, 4.69) is 23.2 Å². The number of hydrogen-bond acceptors (Lipinski definition) is 5. The largest absolute Gasteiger partial charge is 0.529 e. The average Bonchev–Trinajstić information content (AvgIpc) is 3.29. The number of fused-ring (bicyclic) bond motifs is 3. The first kappa shape index (κ1) is 21.0. The molecule has 2 unspecified atom stereocenters. The Morgan fingerprint density at radius 3 is 2.88 bits per heavy atom. The number of quaternary nitrogens is 1. The Balaban J connectivity index is 1.73. The number of hydrogen-bond donors (Lipinski definition) is 0. The number of carbonyl (C=O) groups is 2. The van der Waals surface area contributed by atoms with E-state index >= 15 is 0 Å². The molecule has 8 heteroatoms. The zero-order valence-corrected chi connectivity index (χ0v) is 19.4. The summed E-state index contributed by atoms with van der Waals surface area (Å²) in [5.74, 6) is 0.523. The number of aromatic nitrogens is 2. The molecule has 0 fully saturated rings.